The second-order valence-electron chi connectivity index (χ2n) is 4.21. The van der Waals surface area contributed by atoms with Crippen LogP contribution in [0, 0.1) is 6.92 Å². The Morgan fingerprint density at radius 2 is 1.89 bits per heavy atom. The molecule has 3 nitrogen and oxygen atoms in total. The lowest BCUT2D eigenvalue weighted by molar-refractivity contribution is 0.111. The number of carbonyl (C=O) groups excluding carboxylic acids is 1. The van der Waals surface area contributed by atoms with E-state index in [1.165, 1.54) is 0 Å². The zero-order valence-corrected chi connectivity index (χ0v) is 11.1. The van der Waals surface area contributed by atoms with Crippen LogP contribution in [-0.4, -0.2) is 13.4 Å². The Hall–Kier alpha value is -2.29. The predicted octanol–water partition coefficient (Wildman–Crippen LogP) is 3.40. The molecule has 0 spiro atoms. The highest BCUT2D eigenvalue weighted by Crippen LogP contribution is 2.30. The molecule has 0 aliphatic heterocycles. The van der Waals surface area contributed by atoms with E-state index >= 15 is 0 Å². The van der Waals surface area contributed by atoms with Crippen LogP contribution in [0.2, 0.25) is 0 Å². The fraction of sp³-hybridized carbons (Fsp3) is 0.188. The second-order valence-corrected chi connectivity index (χ2v) is 4.21. The van der Waals surface area contributed by atoms with Crippen molar-refractivity contribution in [2.24, 2.45) is 0 Å². The minimum absolute atomic E-state index is 0.411. The SMILES string of the molecule is COc1cccc(C=O)c1OCc1ccccc1C. The van der Waals surface area contributed by atoms with Crippen LogP contribution in [0.3, 0.4) is 0 Å². The molecule has 2 aromatic rings. The van der Waals surface area contributed by atoms with Gasteiger partial charge in [0.2, 0.25) is 0 Å². The molecule has 0 aliphatic rings. The monoisotopic (exact) mass is 256 g/mol. The van der Waals surface area contributed by atoms with Gasteiger partial charge >= 0.3 is 0 Å². The fourth-order valence-electron chi connectivity index (χ4n) is 1.86. The van der Waals surface area contributed by atoms with Gasteiger partial charge in [-0.3, -0.25) is 4.79 Å². The van der Waals surface area contributed by atoms with Gasteiger partial charge in [0, 0.05) is 0 Å². The average Bonchev–Trinajstić information content (AvgIpc) is 2.46. The maximum Gasteiger partial charge on any atom is 0.172 e. The molecule has 2 aromatic carbocycles. The zero-order chi connectivity index (χ0) is 13.7. The van der Waals surface area contributed by atoms with Crippen molar-refractivity contribution in [3.8, 4) is 11.5 Å². The van der Waals surface area contributed by atoms with Crippen LogP contribution in [0.1, 0.15) is 21.5 Å². The lowest BCUT2D eigenvalue weighted by Gasteiger charge is -2.13. The number of hydrogen-bond acceptors (Lipinski definition) is 3. The van der Waals surface area contributed by atoms with Crippen LogP contribution in [0.15, 0.2) is 42.5 Å². The van der Waals surface area contributed by atoms with Gasteiger partial charge in [-0.1, -0.05) is 30.3 Å². The molecule has 0 atom stereocenters. The molecule has 0 aromatic heterocycles. The number of aryl methyl sites for hydroxylation is 1. The molecular formula is C16H16O3. The van der Waals surface area contributed by atoms with Crippen molar-refractivity contribution < 1.29 is 14.3 Å². The molecule has 98 valence electrons. The quantitative estimate of drug-likeness (QED) is 0.769. The van der Waals surface area contributed by atoms with E-state index in [0.29, 0.717) is 23.7 Å². The Bertz CT molecular complexity index is 576. The van der Waals surface area contributed by atoms with Gasteiger partial charge in [-0.15, -0.1) is 0 Å². The van der Waals surface area contributed by atoms with Crippen molar-refractivity contribution in [3.05, 3.63) is 59.2 Å². The molecule has 2 rings (SSSR count). The summed E-state index contributed by atoms with van der Waals surface area (Å²) < 4.78 is 11.0. The summed E-state index contributed by atoms with van der Waals surface area (Å²) in [6.07, 6.45) is 0.774. The maximum absolute atomic E-state index is 11.0. The van der Waals surface area contributed by atoms with Crippen molar-refractivity contribution in [2.45, 2.75) is 13.5 Å². The normalized spacial score (nSPS) is 10.0. The number of aldehydes is 1. The summed E-state index contributed by atoms with van der Waals surface area (Å²) in [5, 5.41) is 0. The van der Waals surface area contributed by atoms with Gasteiger partial charge in [0.15, 0.2) is 17.8 Å². The van der Waals surface area contributed by atoms with Crippen molar-refractivity contribution in [2.75, 3.05) is 7.11 Å². The molecule has 0 radical (unpaired) electrons. The summed E-state index contributed by atoms with van der Waals surface area (Å²) >= 11 is 0. The molecule has 0 bridgehead atoms. The van der Waals surface area contributed by atoms with Gasteiger partial charge in [-0.05, 0) is 30.2 Å². The minimum Gasteiger partial charge on any atom is -0.493 e. The first kappa shape index (κ1) is 13.1. The Kier molecular flexibility index (Phi) is 4.18. The van der Waals surface area contributed by atoms with Crippen LogP contribution >= 0.6 is 0 Å². The Morgan fingerprint density at radius 3 is 2.58 bits per heavy atom. The summed E-state index contributed by atoms with van der Waals surface area (Å²) in [6, 6.07) is 13.2. The molecule has 0 saturated carbocycles. The van der Waals surface area contributed by atoms with E-state index in [1.807, 2.05) is 31.2 Å². The first-order valence-corrected chi connectivity index (χ1v) is 6.05. The number of rotatable bonds is 5. The third-order valence-corrected chi connectivity index (χ3v) is 2.99. The lowest BCUT2D eigenvalue weighted by Crippen LogP contribution is -2.02. The number of carbonyl (C=O) groups is 1. The molecule has 0 amide bonds. The van der Waals surface area contributed by atoms with E-state index in [4.69, 9.17) is 9.47 Å². The summed E-state index contributed by atoms with van der Waals surface area (Å²) in [4.78, 5) is 11.0. The highest BCUT2D eigenvalue weighted by molar-refractivity contribution is 5.81. The number of hydrogen-bond donors (Lipinski definition) is 0. The standard InChI is InChI=1S/C16H16O3/c1-12-6-3-4-7-14(12)11-19-16-13(10-17)8-5-9-15(16)18-2/h3-10H,11H2,1-2H3. The molecule has 19 heavy (non-hydrogen) atoms. The Balaban J connectivity index is 2.24. The topological polar surface area (TPSA) is 35.5 Å². The molecule has 0 N–H and O–H groups in total. The summed E-state index contributed by atoms with van der Waals surface area (Å²) in [5.74, 6) is 1.06. The molecule has 0 saturated heterocycles. The third-order valence-electron chi connectivity index (χ3n) is 2.99. The highest BCUT2D eigenvalue weighted by Gasteiger charge is 2.10. The van der Waals surface area contributed by atoms with Crippen molar-refractivity contribution in [1.82, 2.24) is 0 Å². The zero-order valence-electron chi connectivity index (χ0n) is 11.1. The summed E-state index contributed by atoms with van der Waals surface area (Å²) in [5.41, 5.74) is 2.74. The smallest absolute Gasteiger partial charge is 0.172 e. The van der Waals surface area contributed by atoms with Gasteiger partial charge in [0.25, 0.3) is 0 Å². The van der Waals surface area contributed by atoms with Crippen LogP contribution in [0.5, 0.6) is 11.5 Å². The van der Waals surface area contributed by atoms with Gasteiger partial charge in [-0.2, -0.15) is 0 Å². The van der Waals surface area contributed by atoms with E-state index in [9.17, 15) is 4.79 Å². The number of benzene rings is 2. The lowest BCUT2D eigenvalue weighted by atomic mass is 10.1. The van der Waals surface area contributed by atoms with Crippen molar-refractivity contribution >= 4 is 6.29 Å². The molecular weight excluding hydrogens is 240 g/mol. The van der Waals surface area contributed by atoms with Crippen LogP contribution in [-0.2, 0) is 6.61 Å². The van der Waals surface area contributed by atoms with Crippen LogP contribution in [0.25, 0.3) is 0 Å². The second kappa shape index (κ2) is 6.05. The number of methoxy groups -OCH3 is 1. The van der Waals surface area contributed by atoms with Crippen molar-refractivity contribution in [3.63, 3.8) is 0 Å². The fourth-order valence-corrected chi connectivity index (χ4v) is 1.86. The van der Waals surface area contributed by atoms with E-state index in [1.54, 1.807) is 25.3 Å². The van der Waals surface area contributed by atoms with Gasteiger partial charge < -0.3 is 9.47 Å². The minimum atomic E-state index is 0.411. The van der Waals surface area contributed by atoms with Gasteiger partial charge in [0.05, 0.1) is 12.7 Å². The van der Waals surface area contributed by atoms with Crippen LogP contribution < -0.4 is 9.47 Å². The van der Waals surface area contributed by atoms with Gasteiger partial charge in [-0.25, -0.2) is 0 Å². The van der Waals surface area contributed by atoms with Crippen LogP contribution in [0.4, 0.5) is 0 Å². The van der Waals surface area contributed by atoms with E-state index < -0.39 is 0 Å². The molecule has 0 fully saturated rings. The molecule has 3 heteroatoms. The maximum atomic E-state index is 11.0. The first-order valence-electron chi connectivity index (χ1n) is 6.05. The largest absolute Gasteiger partial charge is 0.493 e. The van der Waals surface area contributed by atoms with E-state index in [-0.39, 0.29) is 0 Å². The Morgan fingerprint density at radius 1 is 1.11 bits per heavy atom. The highest BCUT2D eigenvalue weighted by atomic mass is 16.5. The predicted molar refractivity (Wildman–Crippen MR) is 73.9 cm³/mol. The average molecular weight is 256 g/mol. The van der Waals surface area contributed by atoms with E-state index in [2.05, 4.69) is 0 Å². The van der Waals surface area contributed by atoms with E-state index in [0.717, 1.165) is 17.4 Å². The van der Waals surface area contributed by atoms with Crippen molar-refractivity contribution in [1.29, 1.82) is 0 Å². The third kappa shape index (κ3) is 2.94. The summed E-state index contributed by atoms with van der Waals surface area (Å²) in [6.45, 7) is 2.44. The summed E-state index contributed by atoms with van der Waals surface area (Å²) in [7, 11) is 1.56. The number of ether oxygens (including phenoxy) is 2. The number of para-hydroxylation sites is 1. The molecule has 0 aliphatic carbocycles. The molecule has 0 unspecified atom stereocenters. The Labute approximate surface area is 112 Å². The van der Waals surface area contributed by atoms with Gasteiger partial charge in [0.1, 0.15) is 6.61 Å². The first-order chi connectivity index (χ1) is 9.26. The molecule has 0 heterocycles.